The summed E-state index contributed by atoms with van der Waals surface area (Å²) in [4.78, 5) is 15.3. The largest absolute Gasteiger partial charge is 0.378 e. The van der Waals surface area contributed by atoms with Gasteiger partial charge in [0.25, 0.3) is 0 Å². The first kappa shape index (κ1) is 13.0. The standard InChI is InChI=1S/C13H24N2O2/c1-14-7-3-4-12(14)9-17-10-13-6-5-11(8-16)15(13)2/h8,11-13H,3-7,9-10H2,1-2H3/t11-,12-,13?/m0/s1. The lowest BCUT2D eigenvalue weighted by Gasteiger charge is -2.24. The van der Waals surface area contributed by atoms with Gasteiger partial charge >= 0.3 is 0 Å². The quantitative estimate of drug-likeness (QED) is 0.664. The third-order valence-corrected chi connectivity index (χ3v) is 4.34. The highest BCUT2D eigenvalue weighted by Gasteiger charge is 2.30. The zero-order chi connectivity index (χ0) is 12.3. The summed E-state index contributed by atoms with van der Waals surface area (Å²) in [5, 5.41) is 0. The van der Waals surface area contributed by atoms with Gasteiger partial charge in [-0.25, -0.2) is 0 Å². The van der Waals surface area contributed by atoms with E-state index in [4.69, 9.17) is 4.74 Å². The van der Waals surface area contributed by atoms with Crippen LogP contribution >= 0.6 is 0 Å². The minimum absolute atomic E-state index is 0.109. The Balaban J connectivity index is 1.67. The second-order valence-corrected chi connectivity index (χ2v) is 5.41. The molecule has 0 N–H and O–H groups in total. The molecule has 0 radical (unpaired) electrons. The molecule has 0 aromatic rings. The first-order valence-electron chi connectivity index (χ1n) is 6.67. The van der Waals surface area contributed by atoms with Crippen molar-refractivity contribution in [2.24, 2.45) is 0 Å². The van der Waals surface area contributed by atoms with E-state index in [9.17, 15) is 4.79 Å². The average Bonchev–Trinajstić information content (AvgIpc) is 2.87. The predicted octanol–water partition coefficient (Wildman–Crippen LogP) is 0.759. The Labute approximate surface area is 104 Å². The van der Waals surface area contributed by atoms with Crippen LogP contribution in [0, 0.1) is 0 Å². The molecule has 0 amide bonds. The molecule has 17 heavy (non-hydrogen) atoms. The number of aldehydes is 1. The van der Waals surface area contributed by atoms with Gasteiger partial charge < -0.3 is 14.4 Å². The number of carbonyl (C=O) groups is 1. The Kier molecular flexibility index (Phi) is 4.54. The zero-order valence-corrected chi connectivity index (χ0v) is 11.0. The van der Waals surface area contributed by atoms with Gasteiger partial charge in [-0.15, -0.1) is 0 Å². The molecular formula is C13H24N2O2. The smallest absolute Gasteiger partial charge is 0.137 e. The van der Waals surface area contributed by atoms with Crippen molar-refractivity contribution in [1.29, 1.82) is 0 Å². The summed E-state index contributed by atoms with van der Waals surface area (Å²) in [6.45, 7) is 2.81. The molecule has 0 bridgehead atoms. The van der Waals surface area contributed by atoms with Crippen LogP contribution in [-0.2, 0) is 9.53 Å². The van der Waals surface area contributed by atoms with Gasteiger partial charge in [0, 0.05) is 12.1 Å². The highest BCUT2D eigenvalue weighted by atomic mass is 16.5. The molecule has 0 aromatic heterocycles. The highest BCUT2D eigenvalue weighted by molar-refractivity contribution is 5.58. The van der Waals surface area contributed by atoms with E-state index in [2.05, 4.69) is 16.8 Å². The number of carbonyl (C=O) groups excluding carboxylic acids is 1. The summed E-state index contributed by atoms with van der Waals surface area (Å²) in [7, 11) is 4.20. The molecule has 2 aliphatic rings. The van der Waals surface area contributed by atoms with Gasteiger partial charge in [-0.3, -0.25) is 4.90 Å². The SMILES string of the molecule is CN1CCC[C@H]1COCC1CC[C@@H](C=O)N1C. The molecule has 1 unspecified atom stereocenters. The Morgan fingerprint density at radius 3 is 2.53 bits per heavy atom. The summed E-state index contributed by atoms with van der Waals surface area (Å²) in [5.74, 6) is 0. The molecule has 4 nitrogen and oxygen atoms in total. The highest BCUT2D eigenvalue weighted by Crippen LogP contribution is 2.21. The van der Waals surface area contributed by atoms with E-state index in [1.165, 1.54) is 19.4 Å². The maximum atomic E-state index is 10.8. The second kappa shape index (κ2) is 5.94. The molecule has 2 fully saturated rings. The van der Waals surface area contributed by atoms with E-state index in [1.807, 2.05) is 7.05 Å². The van der Waals surface area contributed by atoms with Crippen LogP contribution in [0.15, 0.2) is 0 Å². The topological polar surface area (TPSA) is 32.8 Å². The Hall–Kier alpha value is -0.450. The van der Waals surface area contributed by atoms with Crippen LogP contribution in [-0.4, -0.2) is 68.1 Å². The summed E-state index contributed by atoms with van der Waals surface area (Å²) in [6.07, 6.45) is 5.68. The van der Waals surface area contributed by atoms with Crippen molar-refractivity contribution in [3.05, 3.63) is 0 Å². The second-order valence-electron chi connectivity index (χ2n) is 5.41. The number of nitrogens with zero attached hydrogens (tertiary/aromatic N) is 2. The number of rotatable bonds is 5. The summed E-state index contributed by atoms with van der Waals surface area (Å²) in [5.41, 5.74) is 0. The molecule has 98 valence electrons. The fourth-order valence-corrected chi connectivity index (χ4v) is 2.94. The molecular weight excluding hydrogens is 216 g/mol. The lowest BCUT2D eigenvalue weighted by Crippen LogP contribution is -2.37. The van der Waals surface area contributed by atoms with Crippen molar-refractivity contribution in [2.75, 3.05) is 33.9 Å². The number of likely N-dealkylation sites (tertiary alicyclic amines) is 2. The third kappa shape index (κ3) is 3.06. The van der Waals surface area contributed by atoms with Gasteiger partial charge in [0.2, 0.25) is 0 Å². The predicted molar refractivity (Wildman–Crippen MR) is 67.1 cm³/mol. The number of hydrogen-bond donors (Lipinski definition) is 0. The Bertz CT molecular complexity index is 260. The van der Waals surface area contributed by atoms with Crippen molar-refractivity contribution in [3.8, 4) is 0 Å². The molecule has 0 saturated carbocycles. The van der Waals surface area contributed by atoms with Gasteiger partial charge in [0.15, 0.2) is 0 Å². The average molecular weight is 240 g/mol. The van der Waals surface area contributed by atoms with E-state index < -0.39 is 0 Å². The van der Waals surface area contributed by atoms with Crippen molar-refractivity contribution >= 4 is 6.29 Å². The van der Waals surface area contributed by atoms with E-state index in [0.717, 1.165) is 32.3 Å². The monoisotopic (exact) mass is 240 g/mol. The van der Waals surface area contributed by atoms with Gasteiger partial charge in [-0.2, -0.15) is 0 Å². The fourth-order valence-electron chi connectivity index (χ4n) is 2.94. The summed E-state index contributed by atoms with van der Waals surface area (Å²) in [6, 6.07) is 1.14. The van der Waals surface area contributed by atoms with Crippen LogP contribution in [0.1, 0.15) is 25.7 Å². The minimum atomic E-state index is 0.109. The van der Waals surface area contributed by atoms with E-state index in [0.29, 0.717) is 12.1 Å². The van der Waals surface area contributed by atoms with Gasteiger partial charge in [-0.05, 0) is 46.3 Å². The first-order chi connectivity index (χ1) is 8.22. The number of ether oxygens (including phenoxy) is 1. The van der Waals surface area contributed by atoms with Crippen LogP contribution < -0.4 is 0 Å². The van der Waals surface area contributed by atoms with E-state index in [1.54, 1.807) is 0 Å². The van der Waals surface area contributed by atoms with Crippen molar-refractivity contribution < 1.29 is 9.53 Å². The maximum Gasteiger partial charge on any atom is 0.137 e. The molecule has 2 rings (SSSR count). The molecule has 3 atom stereocenters. The molecule has 2 aliphatic heterocycles. The van der Waals surface area contributed by atoms with Gasteiger partial charge in [0.1, 0.15) is 6.29 Å². The Morgan fingerprint density at radius 1 is 1.18 bits per heavy atom. The van der Waals surface area contributed by atoms with E-state index in [-0.39, 0.29) is 6.04 Å². The van der Waals surface area contributed by atoms with Crippen molar-refractivity contribution in [1.82, 2.24) is 9.80 Å². The minimum Gasteiger partial charge on any atom is -0.378 e. The van der Waals surface area contributed by atoms with Crippen LogP contribution in [0.5, 0.6) is 0 Å². The van der Waals surface area contributed by atoms with Crippen LogP contribution in [0.4, 0.5) is 0 Å². The zero-order valence-electron chi connectivity index (χ0n) is 11.0. The van der Waals surface area contributed by atoms with E-state index >= 15 is 0 Å². The van der Waals surface area contributed by atoms with Crippen molar-refractivity contribution in [2.45, 2.75) is 43.8 Å². The van der Waals surface area contributed by atoms with Crippen LogP contribution in [0.2, 0.25) is 0 Å². The number of likely N-dealkylation sites (N-methyl/N-ethyl adjacent to an activating group) is 2. The third-order valence-electron chi connectivity index (χ3n) is 4.34. The molecule has 0 spiro atoms. The van der Waals surface area contributed by atoms with Crippen molar-refractivity contribution in [3.63, 3.8) is 0 Å². The molecule has 2 saturated heterocycles. The molecule has 2 heterocycles. The number of hydrogen-bond acceptors (Lipinski definition) is 4. The van der Waals surface area contributed by atoms with Gasteiger partial charge in [-0.1, -0.05) is 0 Å². The van der Waals surface area contributed by atoms with Crippen LogP contribution in [0.25, 0.3) is 0 Å². The summed E-state index contributed by atoms with van der Waals surface area (Å²) < 4.78 is 5.84. The molecule has 0 aliphatic carbocycles. The maximum absolute atomic E-state index is 10.8. The molecule has 4 heteroatoms. The van der Waals surface area contributed by atoms with Crippen LogP contribution in [0.3, 0.4) is 0 Å². The first-order valence-corrected chi connectivity index (χ1v) is 6.67. The van der Waals surface area contributed by atoms with Gasteiger partial charge in [0.05, 0.1) is 19.3 Å². The molecule has 0 aromatic carbocycles. The lowest BCUT2D eigenvalue weighted by atomic mass is 10.2. The fraction of sp³-hybridized carbons (Fsp3) is 0.923. The lowest BCUT2D eigenvalue weighted by molar-refractivity contribution is -0.111. The summed E-state index contributed by atoms with van der Waals surface area (Å²) >= 11 is 0. The Morgan fingerprint density at radius 2 is 1.94 bits per heavy atom. The normalized spacial score (nSPS) is 35.5.